The fourth-order valence-electron chi connectivity index (χ4n) is 2.40. The summed E-state index contributed by atoms with van der Waals surface area (Å²) < 4.78 is 16.8. The molecule has 0 saturated carbocycles. The molecule has 6 nitrogen and oxygen atoms in total. The Hall–Kier alpha value is -2.54. The molecule has 0 fully saturated rings. The summed E-state index contributed by atoms with van der Waals surface area (Å²) in [6, 6.07) is 11.0. The highest BCUT2D eigenvalue weighted by Crippen LogP contribution is 2.37. The van der Waals surface area contributed by atoms with Crippen LogP contribution in [0.4, 0.5) is 0 Å². The lowest BCUT2D eigenvalue weighted by Gasteiger charge is -2.07. The van der Waals surface area contributed by atoms with Gasteiger partial charge in [0, 0.05) is 15.4 Å². The Morgan fingerprint density at radius 1 is 1.26 bits per heavy atom. The quantitative estimate of drug-likeness (QED) is 0.711. The van der Waals surface area contributed by atoms with E-state index in [0.29, 0.717) is 11.5 Å². The van der Waals surface area contributed by atoms with Crippen LogP contribution < -0.4 is 9.47 Å². The Morgan fingerprint density at radius 3 is 2.91 bits per heavy atom. The van der Waals surface area contributed by atoms with Crippen LogP contribution in [-0.2, 0) is 11.3 Å². The van der Waals surface area contributed by atoms with Crippen LogP contribution in [0.5, 0.6) is 11.5 Å². The number of hydrogen-bond donors (Lipinski definition) is 1. The summed E-state index contributed by atoms with van der Waals surface area (Å²) in [6.07, 6.45) is 0. The molecule has 0 saturated heterocycles. The summed E-state index contributed by atoms with van der Waals surface area (Å²) in [6.45, 7) is 0.307. The number of nitrogens with one attached hydrogen (secondary N) is 1. The molecule has 2 aromatic carbocycles. The maximum Gasteiger partial charge on any atom is 0.359 e. The Kier molecular flexibility index (Phi) is 3.42. The first-order valence-corrected chi connectivity index (χ1v) is 7.70. The normalized spacial score (nSPS) is 12.6. The molecule has 3 aromatic rings. The zero-order chi connectivity index (χ0) is 15.8. The Bertz CT molecular complexity index is 906. The third-order valence-electron chi connectivity index (χ3n) is 3.56. The van der Waals surface area contributed by atoms with Crippen molar-refractivity contribution in [2.45, 2.75) is 6.61 Å². The third-order valence-corrected chi connectivity index (χ3v) is 4.30. The van der Waals surface area contributed by atoms with Crippen molar-refractivity contribution in [3.8, 4) is 11.5 Å². The molecule has 0 bridgehead atoms. The Labute approximate surface area is 139 Å². The van der Waals surface area contributed by atoms with Crippen LogP contribution in [0.2, 0.25) is 0 Å². The highest BCUT2D eigenvalue weighted by Gasteiger charge is 2.19. The van der Waals surface area contributed by atoms with Crippen LogP contribution in [0.1, 0.15) is 16.1 Å². The number of hydrogen-bond acceptors (Lipinski definition) is 5. The van der Waals surface area contributed by atoms with Gasteiger partial charge in [-0.15, -0.1) is 0 Å². The minimum atomic E-state index is -0.480. The molecular weight excluding hydrogens is 364 g/mol. The largest absolute Gasteiger partial charge is 0.456 e. The first kappa shape index (κ1) is 14.1. The SMILES string of the molecule is O=C(OCc1cc2c(cc1Br)OCO2)c1n[nH]c2ccccc12. The van der Waals surface area contributed by atoms with Crippen LogP contribution in [0.15, 0.2) is 40.9 Å². The van der Waals surface area contributed by atoms with Gasteiger partial charge in [0.15, 0.2) is 17.2 Å². The molecule has 0 amide bonds. The lowest BCUT2D eigenvalue weighted by Crippen LogP contribution is -2.06. The molecule has 1 aromatic heterocycles. The summed E-state index contributed by atoms with van der Waals surface area (Å²) in [4.78, 5) is 12.3. The maximum absolute atomic E-state index is 12.3. The highest BCUT2D eigenvalue weighted by atomic mass is 79.9. The van der Waals surface area contributed by atoms with Gasteiger partial charge < -0.3 is 14.2 Å². The number of aromatic nitrogens is 2. The first-order chi connectivity index (χ1) is 11.2. The van der Waals surface area contributed by atoms with Crippen LogP contribution in [0.3, 0.4) is 0 Å². The smallest absolute Gasteiger partial charge is 0.359 e. The zero-order valence-corrected chi connectivity index (χ0v) is 13.4. The van der Waals surface area contributed by atoms with E-state index in [9.17, 15) is 4.79 Å². The van der Waals surface area contributed by atoms with Gasteiger partial charge in [-0.25, -0.2) is 4.79 Å². The average molecular weight is 375 g/mol. The third kappa shape index (κ3) is 2.53. The number of carbonyl (C=O) groups is 1. The van der Waals surface area contributed by atoms with Crippen LogP contribution >= 0.6 is 15.9 Å². The van der Waals surface area contributed by atoms with Crippen LogP contribution in [0.25, 0.3) is 10.9 Å². The molecule has 0 unspecified atom stereocenters. The van der Waals surface area contributed by atoms with Gasteiger partial charge in [-0.2, -0.15) is 5.10 Å². The molecule has 0 atom stereocenters. The van der Waals surface area contributed by atoms with E-state index in [1.54, 1.807) is 12.1 Å². The number of rotatable bonds is 3. The van der Waals surface area contributed by atoms with Gasteiger partial charge in [0.05, 0.1) is 5.52 Å². The van der Waals surface area contributed by atoms with Gasteiger partial charge in [0.25, 0.3) is 0 Å². The van der Waals surface area contributed by atoms with Crippen molar-refractivity contribution in [1.82, 2.24) is 10.2 Å². The van der Waals surface area contributed by atoms with E-state index in [2.05, 4.69) is 26.1 Å². The van der Waals surface area contributed by atoms with E-state index in [0.717, 1.165) is 20.9 Å². The zero-order valence-electron chi connectivity index (χ0n) is 11.8. The number of fused-ring (bicyclic) bond motifs is 2. The summed E-state index contributed by atoms with van der Waals surface area (Å²) in [5.41, 5.74) is 1.86. The van der Waals surface area contributed by atoms with Gasteiger partial charge in [-0.1, -0.05) is 34.1 Å². The fourth-order valence-corrected chi connectivity index (χ4v) is 2.84. The molecule has 0 radical (unpaired) electrons. The molecule has 1 aliphatic rings. The molecule has 23 heavy (non-hydrogen) atoms. The number of aromatic amines is 1. The molecule has 1 N–H and O–H groups in total. The van der Waals surface area contributed by atoms with Gasteiger partial charge in [-0.05, 0) is 18.2 Å². The summed E-state index contributed by atoms with van der Waals surface area (Å²) in [5, 5.41) is 7.59. The number of benzene rings is 2. The van der Waals surface area contributed by atoms with Crippen molar-refractivity contribution in [3.63, 3.8) is 0 Å². The van der Waals surface area contributed by atoms with E-state index < -0.39 is 5.97 Å². The monoisotopic (exact) mass is 374 g/mol. The van der Waals surface area contributed by atoms with Gasteiger partial charge >= 0.3 is 5.97 Å². The van der Waals surface area contributed by atoms with Crippen molar-refractivity contribution >= 4 is 32.8 Å². The molecule has 2 heterocycles. The van der Waals surface area contributed by atoms with Crippen molar-refractivity contribution in [2.75, 3.05) is 6.79 Å². The number of H-pyrrole nitrogens is 1. The van der Waals surface area contributed by atoms with Crippen molar-refractivity contribution in [1.29, 1.82) is 0 Å². The lowest BCUT2D eigenvalue weighted by molar-refractivity contribution is 0.0467. The van der Waals surface area contributed by atoms with E-state index in [1.165, 1.54) is 0 Å². The number of ether oxygens (including phenoxy) is 3. The van der Waals surface area contributed by atoms with Gasteiger partial charge in [0.2, 0.25) is 6.79 Å². The van der Waals surface area contributed by atoms with Crippen molar-refractivity contribution in [3.05, 3.63) is 52.1 Å². The predicted molar refractivity (Wildman–Crippen MR) is 85.5 cm³/mol. The van der Waals surface area contributed by atoms with Crippen molar-refractivity contribution < 1.29 is 19.0 Å². The summed E-state index contributed by atoms with van der Waals surface area (Å²) in [7, 11) is 0. The Balaban J connectivity index is 1.54. The van der Waals surface area contributed by atoms with E-state index in [1.807, 2.05) is 24.3 Å². The molecule has 7 heteroatoms. The standard InChI is InChI=1S/C16H11BrN2O4/c17-11-6-14-13(22-8-23-14)5-9(11)7-21-16(20)15-10-3-1-2-4-12(10)18-19-15/h1-6H,7-8H2,(H,18,19). The molecule has 0 aliphatic carbocycles. The molecular formula is C16H11BrN2O4. The molecule has 116 valence electrons. The number of nitrogens with zero attached hydrogens (tertiary/aromatic N) is 1. The van der Waals surface area contributed by atoms with E-state index >= 15 is 0 Å². The topological polar surface area (TPSA) is 73.4 Å². The lowest BCUT2D eigenvalue weighted by atomic mass is 10.2. The average Bonchev–Trinajstić information content (AvgIpc) is 3.18. The second-order valence-electron chi connectivity index (χ2n) is 4.99. The minimum absolute atomic E-state index is 0.108. The summed E-state index contributed by atoms with van der Waals surface area (Å²) >= 11 is 3.44. The highest BCUT2D eigenvalue weighted by molar-refractivity contribution is 9.10. The predicted octanol–water partition coefficient (Wildman–Crippen LogP) is 3.41. The van der Waals surface area contributed by atoms with Gasteiger partial charge in [-0.3, -0.25) is 5.10 Å². The van der Waals surface area contributed by atoms with Crippen LogP contribution in [-0.4, -0.2) is 23.0 Å². The number of esters is 1. The molecule has 4 rings (SSSR count). The minimum Gasteiger partial charge on any atom is -0.456 e. The molecule has 0 spiro atoms. The number of halogens is 1. The number of para-hydroxylation sites is 1. The Morgan fingerprint density at radius 2 is 2.04 bits per heavy atom. The fraction of sp³-hybridized carbons (Fsp3) is 0.125. The summed E-state index contributed by atoms with van der Waals surface area (Å²) in [5.74, 6) is 0.835. The van der Waals surface area contributed by atoms with Crippen molar-refractivity contribution in [2.24, 2.45) is 0 Å². The van der Waals surface area contributed by atoms with Crippen LogP contribution in [0, 0.1) is 0 Å². The maximum atomic E-state index is 12.3. The first-order valence-electron chi connectivity index (χ1n) is 6.90. The number of carbonyl (C=O) groups excluding carboxylic acids is 1. The van der Waals surface area contributed by atoms with E-state index in [-0.39, 0.29) is 19.1 Å². The second-order valence-corrected chi connectivity index (χ2v) is 5.85. The molecule has 1 aliphatic heterocycles. The van der Waals surface area contributed by atoms with Gasteiger partial charge in [0.1, 0.15) is 6.61 Å². The van der Waals surface area contributed by atoms with E-state index in [4.69, 9.17) is 14.2 Å². The second kappa shape index (κ2) is 5.58.